The topological polar surface area (TPSA) is 35.5 Å². The van der Waals surface area contributed by atoms with E-state index in [9.17, 15) is 26.7 Å². The van der Waals surface area contributed by atoms with E-state index in [1.54, 1.807) is 0 Å². The van der Waals surface area contributed by atoms with Gasteiger partial charge in [-0.15, -0.1) is 13.2 Å². The van der Waals surface area contributed by atoms with E-state index in [0.717, 1.165) is 12.1 Å². The number of carbonyl (C=O) groups excluding carboxylic acids is 1. The molecule has 0 aliphatic heterocycles. The molecule has 0 amide bonds. The molecule has 3 nitrogen and oxygen atoms in total. The van der Waals surface area contributed by atoms with Crippen molar-refractivity contribution in [1.29, 1.82) is 0 Å². The van der Waals surface area contributed by atoms with Crippen molar-refractivity contribution in [3.63, 3.8) is 0 Å². The van der Waals surface area contributed by atoms with E-state index in [-0.39, 0.29) is 16.9 Å². The van der Waals surface area contributed by atoms with Crippen LogP contribution in [0.15, 0.2) is 42.5 Å². The minimum Gasteiger partial charge on any atom is -0.434 e. The molecule has 0 spiro atoms. The molecule has 23 heavy (non-hydrogen) atoms. The molecule has 8 heteroatoms. The third kappa shape index (κ3) is 4.67. The van der Waals surface area contributed by atoms with Crippen LogP contribution in [0, 0.1) is 0 Å². The van der Waals surface area contributed by atoms with Crippen LogP contribution in [-0.2, 0) is 0 Å². The molecule has 0 bridgehead atoms. The molecule has 0 aromatic heterocycles. The van der Waals surface area contributed by atoms with Crippen LogP contribution in [0.2, 0.25) is 0 Å². The van der Waals surface area contributed by atoms with Crippen molar-refractivity contribution >= 4 is 6.29 Å². The lowest BCUT2D eigenvalue weighted by molar-refractivity contribution is -0.274. The highest BCUT2D eigenvalue weighted by molar-refractivity contribution is 5.81. The highest BCUT2D eigenvalue weighted by Gasteiger charge is 2.31. The standard InChI is InChI=1S/C15H9F5O3/c16-14(17)22-13-6-1-9(8-21)7-12(13)10-2-4-11(5-3-10)23-15(18,19)20/h1-8,14H. The van der Waals surface area contributed by atoms with Crippen LogP contribution in [0.3, 0.4) is 0 Å². The normalized spacial score (nSPS) is 11.4. The summed E-state index contributed by atoms with van der Waals surface area (Å²) < 4.78 is 69.2. The van der Waals surface area contributed by atoms with Gasteiger partial charge in [-0.3, -0.25) is 4.79 Å². The number of rotatable bonds is 5. The van der Waals surface area contributed by atoms with Crippen LogP contribution in [0.1, 0.15) is 10.4 Å². The van der Waals surface area contributed by atoms with Gasteiger partial charge >= 0.3 is 13.0 Å². The van der Waals surface area contributed by atoms with Crippen LogP contribution < -0.4 is 9.47 Å². The zero-order valence-electron chi connectivity index (χ0n) is 11.3. The average molecular weight is 332 g/mol. The molecular formula is C15H9F5O3. The van der Waals surface area contributed by atoms with Crippen LogP contribution in [0.4, 0.5) is 22.0 Å². The van der Waals surface area contributed by atoms with Crippen LogP contribution in [-0.4, -0.2) is 19.3 Å². The van der Waals surface area contributed by atoms with Crippen molar-refractivity contribution in [2.75, 3.05) is 0 Å². The lowest BCUT2D eigenvalue weighted by atomic mass is 10.0. The van der Waals surface area contributed by atoms with Gasteiger partial charge < -0.3 is 9.47 Å². The van der Waals surface area contributed by atoms with Crippen LogP contribution >= 0.6 is 0 Å². The Bertz CT molecular complexity index is 681. The number of hydrogen-bond donors (Lipinski definition) is 0. The van der Waals surface area contributed by atoms with E-state index in [2.05, 4.69) is 9.47 Å². The van der Waals surface area contributed by atoms with Gasteiger partial charge in [0.1, 0.15) is 17.8 Å². The molecule has 2 aromatic carbocycles. The number of alkyl halides is 5. The molecule has 0 aliphatic carbocycles. The largest absolute Gasteiger partial charge is 0.573 e. The summed E-state index contributed by atoms with van der Waals surface area (Å²) in [4.78, 5) is 10.8. The third-order valence-electron chi connectivity index (χ3n) is 2.75. The molecule has 0 unspecified atom stereocenters. The van der Waals surface area contributed by atoms with Crippen molar-refractivity contribution in [1.82, 2.24) is 0 Å². The van der Waals surface area contributed by atoms with Crippen molar-refractivity contribution < 1.29 is 36.2 Å². The molecule has 0 atom stereocenters. The Labute approximate surface area is 127 Å². The second-order valence-electron chi connectivity index (χ2n) is 4.32. The minimum atomic E-state index is -4.83. The number of carbonyl (C=O) groups is 1. The SMILES string of the molecule is O=Cc1ccc(OC(F)F)c(-c2ccc(OC(F)(F)F)cc2)c1. The van der Waals surface area contributed by atoms with Crippen molar-refractivity contribution in [2.24, 2.45) is 0 Å². The zero-order valence-corrected chi connectivity index (χ0v) is 11.3. The molecule has 2 rings (SSSR count). The first-order valence-electron chi connectivity index (χ1n) is 6.19. The smallest absolute Gasteiger partial charge is 0.434 e. The molecule has 122 valence electrons. The fourth-order valence-electron chi connectivity index (χ4n) is 1.88. The van der Waals surface area contributed by atoms with Gasteiger partial charge in [0.25, 0.3) is 0 Å². The molecule has 0 aliphatic rings. The maximum absolute atomic E-state index is 12.4. The second-order valence-corrected chi connectivity index (χ2v) is 4.32. The van der Waals surface area contributed by atoms with Crippen molar-refractivity contribution in [3.8, 4) is 22.6 Å². The minimum absolute atomic E-state index is 0.147. The molecule has 0 N–H and O–H groups in total. The average Bonchev–Trinajstić information content (AvgIpc) is 2.46. The monoisotopic (exact) mass is 332 g/mol. The van der Waals surface area contributed by atoms with Gasteiger partial charge in [0.2, 0.25) is 0 Å². The first-order chi connectivity index (χ1) is 10.8. The van der Waals surface area contributed by atoms with Gasteiger partial charge in [-0.05, 0) is 35.9 Å². The zero-order chi connectivity index (χ0) is 17.0. The summed E-state index contributed by atoms with van der Waals surface area (Å²) in [6.07, 6.45) is -4.32. The first-order valence-corrected chi connectivity index (χ1v) is 6.19. The van der Waals surface area contributed by atoms with Gasteiger partial charge in [0.05, 0.1) is 0 Å². The highest BCUT2D eigenvalue weighted by Crippen LogP contribution is 2.33. The van der Waals surface area contributed by atoms with E-state index in [4.69, 9.17) is 0 Å². The van der Waals surface area contributed by atoms with Gasteiger partial charge in [0.15, 0.2) is 0 Å². The van der Waals surface area contributed by atoms with Gasteiger partial charge in [-0.25, -0.2) is 0 Å². The first kappa shape index (κ1) is 16.7. The number of benzene rings is 2. The van der Waals surface area contributed by atoms with Crippen molar-refractivity contribution in [3.05, 3.63) is 48.0 Å². The molecule has 0 heterocycles. The molecule has 0 radical (unpaired) electrons. The van der Waals surface area contributed by atoms with E-state index in [1.807, 2.05) is 0 Å². The Kier molecular flexibility index (Phi) is 4.83. The quantitative estimate of drug-likeness (QED) is 0.590. The third-order valence-corrected chi connectivity index (χ3v) is 2.75. The summed E-state index contributed by atoms with van der Waals surface area (Å²) in [7, 11) is 0. The fourth-order valence-corrected chi connectivity index (χ4v) is 1.88. The maximum Gasteiger partial charge on any atom is 0.573 e. The van der Waals surface area contributed by atoms with Crippen LogP contribution in [0.25, 0.3) is 11.1 Å². The van der Waals surface area contributed by atoms with E-state index in [1.165, 1.54) is 30.3 Å². The second kappa shape index (κ2) is 6.64. The summed E-state index contributed by atoms with van der Waals surface area (Å²) in [6.45, 7) is -3.08. The lowest BCUT2D eigenvalue weighted by Gasteiger charge is -2.13. The number of aldehydes is 1. The lowest BCUT2D eigenvalue weighted by Crippen LogP contribution is -2.16. The number of halogens is 5. The maximum atomic E-state index is 12.4. The Morgan fingerprint density at radius 2 is 1.65 bits per heavy atom. The van der Waals surface area contributed by atoms with Crippen molar-refractivity contribution in [2.45, 2.75) is 13.0 Å². The summed E-state index contributed by atoms with van der Waals surface area (Å²) in [5, 5.41) is 0. The summed E-state index contributed by atoms with van der Waals surface area (Å²) >= 11 is 0. The molecule has 0 saturated heterocycles. The molecule has 0 fully saturated rings. The molecule has 0 saturated carbocycles. The summed E-state index contributed by atoms with van der Waals surface area (Å²) in [5.41, 5.74) is 0.643. The van der Waals surface area contributed by atoms with Gasteiger partial charge in [0, 0.05) is 11.1 Å². The van der Waals surface area contributed by atoms with Gasteiger partial charge in [-0.2, -0.15) is 8.78 Å². The summed E-state index contributed by atoms with van der Waals surface area (Å²) in [5.74, 6) is -0.654. The van der Waals surface area contributed by atoms with Crippen LogP contribution in [0.5, 0.6) is 11.5 Å². The van der Waals surface area contributed by atoms with Gasteiger partial charge in [-0.1, -0.05) is 12.1 Å². The highest BCUT2D eigenvalue weighted by atomic mass is 19.4. The molecule has 2 aromatic rings. The summed E-state index contributed by atoms with van der Waals surface area (Å²) in [6, 6.07) is 8.31. The number of ether oxygens (including phenoxy) is 2. The Hall–Kier alpha value is -2.64. The predicted molar refractivity (Wildman–Crippen MR) is 70.6 cm³/mol. The Balaban J connectivity index is 2.37. The van der Waals surface area contributed by atoms with E-state index in [0.29, 0.717) is 11.8 Å². The van der Waals surface area contributed by atoms with E-state index >= 15 is 0 Å². The Morgan fingerprint density at radius 3 is 2.17 bits per heavy atom. The van der Waals surface area contributed by atoms with E-state index < -0.39 is 18.7 Å². The Morgan fingerprint density at radius 1 is 1.00 bits per heavy atom. The molecular weight excluding hydrogens is 323 g/mol. The fraction of sp³-hybridized carbons (Fsp3) is 0.133. The predicted octanol–water partition coefficient (Wildman–Crippen LogP) is 4.67. The number of hydrogen-bond acceptors (Lipinski definition) is 3.